The molecule has 0 aromatic carbocycles. The van der Waals surface area contributed by atoms with E-state index >= 15 is 0 Å². The molecule has 1 aromatic rings. The SMILES string of the molecule is CC[C@@]1(C)OC(=O)N(CCCn2ccnc2C)[C@]1(C)O. The van der Waals surface area contributed by atoms with E-state index in [9.17, 15) is 9.90 Å². The molecule has 1 aliphatic rings. The maximum atomic E-state index is 11.9. The van der Waals surface area contributed by atoms with E-state index in [0.717, 1.165) is 18.8 Å². The van der Waals surface area contributed by atoms with Gasteiger partial charge in [-0.1, -0.05) is 6.92 Å². The van der Waals surface area contributed by atoms with Crippen LogP contribution in [0.3, 0.4) is 0 Å². The van der Waals surface area contributed by atoms with Crippen LogP contribution in [0, 0.1) is 6.92 Å². The Balaban J connectivity index is 1.99. The molecule has 0 saturated carbocycles. The summed E-state index contributed by atoms with van der Waals surface area (Å²) < 4.78 is 7.38. The molecule has 0 unspecified atom stereocenters. The standard InChI is InChI=1S/C14H23N3O3/c1-5-13(3)14(4,19)17(12(18)20-13)9-6-8-16-10-7-15-11(16)2/h7,10,19H,5-6,8-9H2,1-4H3/t13-,14-/m1/s1. The van der Waals surface area contributed by atoms with Crippen molar-refractivity contribution in [1.29, 1.82) is 0 Å². The number of carbonyl (C=O) groups excluding carboxylic acids is 1. The number of ether oxygens (including phenoxy) is 1. The molecule has 0 bridgehead atoms. The minimum absolute atomic E-state index is 0.443. The molecule has 1 N–H and O–H groups in total. The van der Waals surface area contributed by atoms with Crippen LogP contribution in [0.2, 0.25) is 0 Å². The summed E-state index contributed by atoms with van der Waals surface area (Å²) in [7, 11) is 0. The number of aromatic nitrogens is 2. The smallest absolute Gasteiger partial charge is 0.412 e. The molecule has 1 amide bonds. The van der Waals surface area contributed by atoms with Gasteiger partial charge in [-0.25, -0.2) is 9.78 Å². The van der Waals surface area contributed by atoms with E-state index in [1.54, 1.807) is 20.0 Å². The van der Waals surface area contributed by atoms with E-state index in [1.165, 1.54) is 4.90 Å². The number of hydrogen-bond donors (Lipinski definition) is 1. The van der Waals surface area contributed by atoms with Gasteiger partial charge in [0.1, 0.15) is 5.82 Å². The lowest BCUT2D eigenvalue weighted by Crippen LogP contribution is -2.55. The largest absolute Gasteiger partial charge is 0.438 e. The number of carbonyl (C=O) groups is 1. The fourth-order valence-corrected chi connectivity index (χ4v) is 2.56. The summed E-state index contributed by atoms with van der Waals surface area (Å²) in [5.74, 6) is 0.944. The predicted octanol–water partition coefficient (Wildman–Crippen LogP) is 1.91. The highest BCUT2D eigenvalue weighted by molar-refractivity contribution is 5.72. The van der Waals surface area contributed by atoms with Crippen molar-refractivity contribution in [3.8, 4) is 0 Å². The highest BCUT2D eigenvalue weighted by atomic mass is 16.6. The lowest BCUT2D eigenvalue weighted by Gasteiger charge is -2.36. The second-order valence-electron chi connectivity index (χ2n) is 5.65. The van der Waals surface area contributed by atoms with E-state index in [2.05, 4.69) is 4.98 Å². The Morgan fingerprint density at radius 3 is 2.60 bits per heavy atom. The Hall–Kier alpha value is -1.56. The number of hydrogen-bond acceptors (Lipinski definition) is 4. The Bertz CT molecular complexity index is 498. The second-order valence-corrected chi connectivity index (χ2v) is 5.65. The Morgan fingerprint density at radius 1 is 1.40 bits per heavy atom. The molecular formula is C14H23N3O3. The van der Waals surface area contributed by atoms with Crippen molar-refractivity contribution in [3.63, 3.8) is 0 Å². The number of nitrogens with zero attached hydrogens (tertiary/aromatic N) is 3. The third-order valence-corrected chi connectivity index (χ3v) is 4.44. The van der Waals surface area contributed by atoms with Crippen molar-refractivity contribution in [3.05, 3.63) is 18.2 Å². The summed E-state index contributed by atoms with van der Waals surface area (Å²) in [4.78, 5) is 17.5. The summed E-state index contributed by atoms with van der Waals surface area (Å²) >= 11 is 0. The summed E-state index contributed by atoms with van der Waals surface area (Å²) in [6.45, 7) is 8.47. The molecule has 20 heavy (non-hydrogen) atoms. The maximum Gasteiger partial charge on any atom is 0.412 e. The lowest BCUT2D eigenvalue weighted by molar-refractivity contribution is -0.137. The van der Waals surface area contributed by atoms with Gasteiger partial charge >= 0.3 is 6.09 Å². The molecule has 2 heterocycles. The molecule has 1 aromatic heterocycles. The molecule has 112 valence electrons. The van der Waals surface area contributed by atoms with Crippen molar-refractivity contribution in [1.82, 2.24) is 14.5 Å². The zero-order chi connectivity index (χ0) is 15.0. The monoisotopic (exact) mass is 281 g/mol. The zero-order valence-electron chi connectivity index (χ0n) is 12.6. The summed E-state index contributed by atoms with van der Waals surface area (Å²) in [5.41, 5.74) is -2.13. The average Bonchev–Trinajstić information content (AvgIpc) is 2.85. The number of aliphatic hydroxyl groups is 1. The maximum absolute atomic E-state index is 11.9. The first kappa shape index (κ1) is 14.8. The molecule has 2 rings (SSSR count). The van der Waals surface area contributed by atoms with Gasteiger partial charge in [0.05, 0.1) is 0 Å². The third kappa shape index (κ3) is 2.28. The quantitative estimate of drug-likeness (QED) is 0.895. The second kappa shape index (κ2) is 5.09. The fraction of sp³-hybridized carbons (Fsp3) is 0.714. The van der Waals surface area contributed by atoms with Crippen molar-refractivity contribution < 1.29 is 14.6 Å². The highest BCUT2D eigenvalue weighted by Crippen LogP contribution is 2.39. The van der Waals surface area contributed by atoms with Crippen LogP contribution in [0.25, 0.3) is 0 Å². The molecule has 0 radical (unpaired) electrons. The number of imidazole rings is 1. The van der Waals surface area contributed by atoms with Gasteiger partial charge in [0.15, 0.2) is 11.3 Å². The van der Waals surface area contributed by atoms with Crippen LogP contribution in [0.4, 0.5) is 4.79 Å². The number of rotatable bonds is 5. The van der Waals surface area contributed by atoms with Crippen LogP contribution in [0.15, 0.2) is 12.4 Å². The first-order valence-corrected chi connectivity index (χ1v) is 7.02. The van der Waals surface area contributed by atoms with Crippen LogP contribution in [-0.2, 0) is 11.3 Å². The number of amides is 1. The minimum atomic E-state index is -1.27. The molecule has 2 atom stereocenters. The number of aryl methyl sites for hydroxylation is 2. The van der Waals surface area contributed by atoms with Gasteiger partial charge in [-0.15, -0.1) is 0 Å². The summed E-state index contributed by atoms with van der Waals surface area (Å²) in [6, 6.07) is 0. The van der Waals surface area contributed by atoms with Gasteiger partial charge in [-0.05, 0) is 33.6 Å². The van der Waals surface area contributed by atoms with Crippen LogP contribution in [0.5, 0.6) is 0 Å². The molecule has 1 fully saturated rings. The fourth-order valence-electron chi connectivity index (χ4n) is 2.56. The van der Waals surface area contributed by atoms with Gasteiger partial charge in [0.2, 0.25) is 0 Å². The van der Waals surface area contributed by atoms with Gasteiger partial charge in [0.25, 0.3) is 0 Å². The van der Waals surface area contributed by atoms with E-state index < -0.39 is 17.4 Å². The minimum Gasteiger partial charge on any atom is -0.438 e. The lowest BCUT2D eigenvalue weighted by atomic mass is 9.91. The average molecular weight is 281 g/mol. The van der Waals surface area contributed by atoms with Gasteiger partial charge in [-0.2, -0.15) is 0 Å². The van der Waals surface area contributed by atoms with E-state index in [1.807, 2.05) is 24.6 Å². The van der Waals surface area contributed by atoms with Crippen LogP contribution in [-0.4, -0.2) is 43.5 Å². The molecule has 6 nitrogen and oxygen atoms in total. The summed E-state index contributed by atoms with van der Waals surface area (Å²) in [5, 5.41) is 10.6. The van der Waals surface area contributed by atoms with Crippen molar-refractivity contribution in [2.45, 2.75) is 58.4 Å². The van der Waals surface area contributed by atoms with Crippen molar-refractivity contribution in [2.24, 2.45) is 0 Å². The van der Waals surface area contributed by atoms with Crippen LogP contribution in [0.1, 0.15) is 39.4 Å². The Morgan fingerprint density at radius 2 is 2.10 bits per heavy atom. The Kier molecular flexibility index (Phi) is 3.77. The van der Waals surface area contributed by atoms with Crippen molar-refractivity contribution in [2.75, 3.05) is 6.54 Å². The highest BCUT2D eigenvalue weighted by Gasteiger charge is 2.57. The normalized spacial score (nSPS) is 29.9. The molecule has 0 aliphatic carbocycles. The van der Waals surface area contributed by atoms with Gasteiger partial charge in [0, 0.05) is 25.5 Å². The van der Waals surface area contributed by atoms with Crippen LogP contribution >= 0.6 is 0 Å². The van der Waals surface area contributed by atoms with Crippen molar-refractivity contribution >= 4 is 6.09 Å². The summed E-state index contributed by atoms with van der Waals surface area (Å²) in [6.07, 6.45) is 4.53. The Labute approximate surface area is 119 Å². The van der Waals surface area contributed by atoms with Gasteiger partial charge < -0.3 is 14.4 Å². The predicted molar refractivity (Wildman–Crippen MR) is 74.1 cm³/mol. The first-order chi connectivity index (χ1) is 9.32. The zero-order valence-corrected chi connectivity index (χ0v) is 12.6. The molecule has 0 spiro atoms. The topological polar surface area (TPSA) is 67.6 Å². The molecule has 1 aliphatic heterocycles. The molecule has 6 heteroatoms. The number of cyclic esters (lactones) is 1. The van der Waals surface area contributed by atoms with E-state index in [0.29, 0.717) is 13.0 Å². The first-order valence-electron chi connectivity index (χ1n) is 7.02. The third-order valence-electron chi connectivity index (χ3n) is 4.44. The molecule has 1 saturated heterocycles. The van der Waals surface area contributed by atoms with E-state index in [4.69, 9.17) is 4.74 Å². The van der Waals surface area contributed by atoms with E-state index in [-0.39, 0.29) is 0 Å². The van der Waals surface area contributed by atoms with Crippen LogP contribution < -0.4 is 0 Å². The molecular weight excluding hydrogens is 258 g/mol. The van der Waals surface area contributed by atoms with Gasteiger partial charge in [-0.3, -0.25) is 4.90 Å².